The van der Waals surface area contributed by atoms with Crippen LogP contribution in [-0.4, -0.2) is 15.1 Å². The van der Waals surface area contributed by atoms with Crippen LogP contribution in [-0.2, 0) is 12.6 Å². The Bertz CT molecular complexity index is 599. The molecule has 1 heterocycles. The molecule has 1 aromatic heterocycles. The summed E-state index contributed by atoms with van der Waals surface area (Å²) in [5.74, 6) is -1.17. The maximum Gasteiger partial charge on any atom is 0.416 e. The highest BCUT2D eigenvalue weighted by molar-refractivity contribution is 5.29. The molecule has 0 aliphatic carbocycles. The maximum absolute atomic E-state index is 13.1. The van der Waals surface area contributed by atoms with Gasteiger partial charge in [0.15, 0.2) is 0 Å². The average molecular weight is 272 g/mol. The molecule has 0 bridgehead atoms. The number of hydrogen-bond acceptors (Lipinski definition) is 3. The van der Waals surface area contributed by atoms with E-state index >= 15 is 0 Å². The van der Waals surface area contributed by atoms with Crippen molar-refractivity contribution >= 4 is 0 Å². The van der Waals surface area contributed by atoms with E-state index in [1.165, 1.54) is 12.3 Å². The zero-order chi connectivity index (χ0) is 14.0. The summed E-state index contributed by atoms with van der Waals surface area (Å²) in [6.07, 6.45) is -3.45. The predicted molar refractivity (Wildman–Crippen MR) is 57.9 cm³/mol. The molecule has 0 radical (unpaired) electrons. The van der Waals surface area contributed by atoms with E-state index in [4.69, 9.17) is 5.11 Å². The molecular formula is C12H8F4N2O. The zero-order valence-electron chi connectivity index (χ0n) is 9.45. The van der Waals surface area contributed by atoms with Crippen molar-refractivity contribution in [3.8, 4) is 5.88 Å². The number of halogens is 4. The van der Waals surface area contributed by atoms with Crippen LogP contribution >= 0.6 is 0 Å². The zero-order valence-corrected chi connectivity index (χ0v) is 9.45. The van der Waals surface area contributed by atoms with Crippen LogP contribution in [0.1, 0.15) is 17.0 Å². The third-order valence-electron chi connectivity index (χ3n) is 2.34. The molecule has 0 fully saturated rings. The first-order valence-corrected chi connectivity index (χ1v) is 5.22. The van der Waals surface area contributed by atoms with E-state index in [2.05, 4.69) is 9.97 Å². The van der Waals surface area contributed by atoms with E-state index in [-0.39, 0.29) is 23.7 Å². The van der Waals surface area contributed by atoms with E-state index in [9.17, 15) is 17.6 Å². The molecular weight excluding hydrogens is 264 g/mol. The van der Waals surface area contributed by atoms with Gasteiger partial charge in [0.2, 0.25) is 5.88 Å². The van der Waals surface area contributed by atoms with Gasteiger partial charge in [0.25, 0.3) is 0 Å². The summed E-state index contributed by atoms with van der Waals surface area (Å²) in [5, 5.41) is 9.12. The number of aromatic nitrogens is 2. The summed E-state index contributed by atoms with van der Waals surface area (Å²) in [7, 11) is 0. The summed E-state index contributed by atoms with van der Waals surface area (Å²) in [6, 6.07) is 3.46. The highest BCUT2D eigenvalue weighted by Gasteiger charge is 2.31. The maximum atomic E-state index is 13.1. The Morgan fingerprint density at radius 2 is 1.89 bits per heavy atom. The van der Waals surface area contributed by atoms with Gasteiger partial charge in [-0.3, -0.25) is 0 Å². The topological polar surface area (TPSA) is 46.0 Å². The second-order valence-corrected chi connectivity index (χ2v) is 3.85. The molecule has 0 spiro atoms. The molecule has 0 saturated carbocycles. The molecule has 1 N–H and O–H groups in total. The Hall–Kier alpha value is -2.18. The minimum atomic E-state index is -4.61. The van der Waals surface area contributed by atoms with E-state index in [0.29, 0.717) is 6.07 Å². The van der Waals surface area contributed by atoms with Crippen molar-refractivity contribution in [2.45, 2.75) is 12.6 Å². The highest BCUT2D eigenvalue weighted by atomic mass is 19.4. The molecule has 0 aliphatic heterocycles. The average Bonchev–Trinajstić information content (AvgIpc) is 2.26. The minimum Gasteiger partial charge on any atom is -0.493 e. The molecule has 100 valence electrons. The van der Waals surface area contributed by atoms with E-state index in [1.807, 2.05) is 0 Å². The second kappa shape index (κ2) is 4.83. The fourth-order valence-electron chi connectivity index (χ4n) is 1.57. The van der Waals surface area contributed by atoms with E-state index in [0.717, 1.165) is 12.1 Å². The fourth-order valence-corrected chi connectivity index (χ4v) is 1.57. The van der Waals surface area contributed by atoms with E-state index in [1.54, 1.807) is 0 Å². The smallest absolute Gasteiger partial charge is 0.416 e. The lowest BCUT2D eigenvalue weighted by Gasteiger charge is -2.09. The van der Waals surface area contributed by atoms with Gasteiger partial charge in [-0.15, -0.1) is 0 Å². The summed E-state index contributed by atoms with van der Waals surface area (Å²) < 4.78 is 50.7. The Kier molecular flexibility index (Phi) is 3.37. The Morgan fingerprint density at radius 1 is 1.16 bits per heavy atom. The number of nitrogens with zero attached hydrogens (tertiary/aromatic N) is 2. The number of benzene rings is 1. The van der Waals surface area contributed by atoms with Gasteiger partial charge in [0.1, 0.15) is 11.6 Å². The van der Waals surface area contributed by atoms with Gasteiger partial charge in [-0.1, -0.05) is 0 Å². The lowest BCUT2D eigenvalue weighted by atomic mass is 10.1. The fraction of sp³-hybridized carbons (Fsp3) is 0.167. The van der Waals surface area contributed by atoms with Crippen LogP contribution < -0.4 is 0 Å². The Balaban J connectivity index is 2.33. The van der Waals surface area contributed by atoms with Gasteiger partial charge >= 0.3 is 6.18 Å². The van der Waals surface area contributed by atoms with Crippen LogP contribution in [0.2, 0.25) is 0 Å². The van der Waals surface area contributed by atoms with Crippen LogP contribution in [0, 0.1) is 5.82 Å². The lowest BCUT2D eigenvalue weighted by molar-refractivity contribution is -0.137. The quantitative estimate of drug-likeness (QED) is 0.855. The largest absolute Gasteiger partial charge is 0.493 e. The van der Waals surface area contributed by atoms with Gasteiger partial charge in [0.05, 0.1) is 5.56 Å². The molecule has 1 aromatic carbocycles. The number of alkyl halides is 3. The summed E-state index contributed by atoms with van der Waals surface area (Å²) >= 11 is 0. The first-order chi connectivity index (χ1) is 8.84. The van der Waals surface area contributed by atoms with Crippen LogP contribution in [0.3, 0.4) is 0 Å². The molecule has 0 saturated heterocycles. The van der Waals surface area contributed by atoms with Crippen LogP contribution in [0.5, 0.6) is 5.88 Å². The molecule has 2 aromatic rings. The summed E-state index contributed by atoms with van der Waals surface area (Å²) in [4.78, 5) is 7.41. The van der Waals surface area contributed by atoms with Gasteiger partial charge in [-0.2, -0.15) is 18.2 Å². The molecule has 19 heavy (non-hydrogen) atoms. The van der Waals surface area contributed by atoms with Crippen LogP contribution in [0.15, 0.2) is 30.5 Å². The van der Waals surface area contributed by atoms with Crippen molar-refractivity contribution in [2.24, 2.45) is 0 Å². The second-order valence-electron chi connectivity index (χ2n) is 3.85. The van der Waals surface area contributed by atoms with Crippen molar-refractivity contribution in [1.82, 2.24) is 9.97 Å². The van der Waals surface area contributed by atoms with Gasteiger partial charge in [-0.05, 0) is 23.8 Å². The van der Waals surface area contributed by atoms with Crippen molar-refractivity contribution < 1.29 is 22.7 Å². The van der Waals surface area contributed by atoms with Gasteiger partial charge < -0.3 is 5.11 Å². The van der Waals surface area contributed by atoms with Crippen molar-refractivity contribution in [2.75, 3.05) is 0 Å². The molecule has 7 heteroatoms. The summed E-state index contributed by atoms with van der Waals surface area (Å²) in [5.41, 5.74) is -0.986. The van der Waals surface area contributed by atoms with Crippen LogP contribution in [0.4, 0.5) is 17.6 Å². The van der Waals surface area contributed by atoms with Crippen molar-refractivity contribution in [3.63, 3.8) is 0 Å². The lowest BCUT2D eigenvalue weighted by Crippen LogP contribution is -2.07. The van der Waals surface area contributed by atoms with Crippen molar-refractivity contribution in [3.05, 3.63) is 53.2 Å². The Labute approximate surface area is 105 Å². The number of rotatable bonds is 2. The SMILES string of the molecule is Oc1ccnc(Cc2cc(F)cc(C(F)(F)F)c2)n1. The molecule has 0 amide bonds. The monoisotopic (exact) mass is 272 g/mol. The standard InChI is InChI=1S/C12H8F4N2O/c13-9-4-7(3-8(6-9)12(14,15)16)5-10-17-2-1-11(19)18-10/h1-4,6H,5H2,(H,17,18,19). The highest BCUT2D eigenvalue weighted by Crippen LogP contribution is 2.30. The van der Waals surface area contributed by atoms with Gasteiger partial charge in [0, 0.05) is 18.7 Å². The molecule has 0 atom stereocenters. The first-order valence-electron chi connectivity index (χ1n) is 5.22. The number of hydrogen-bond donors (Lipinski definition) is 1. The Morgan fingerprint density at radius 3 is 2.53 bits per heavy atom. The molecule has 3 nitrogen and oxygen atoms in total. The minimum absolute atomic E-state index is 0.0814. The third kappa shape index (κ3) is 3.40. The molecule has 0 aliphatic rings. The van der Waals surface area contributed by atoms with Gasteiger partial charge in [-0.25, -0.2) is 9.37 Å². The van der Waals surface area contributed by atoms with Crippen LogP contribution in [0.25, 0.3) is 0 Å². The first kappa shape index (κ1) is 13.3. The van der Waals surface area contributed by atoms with Crippen molar-refractivity contribution in [1.29, 1.82) is 0 Å². The summed E-state index contributed by atoms with van der Waals surface area (Å²) in [6.45, 7) is 0. The van der Waals surface area contributed by atoms with E-state index < -0.39 is 17.6 Å². The molecule has 0 unspecified atom stereocenters. The third-order valence-corrected chi connectivity index (χ3v) is 2.34. The normalized spacial score (nSPS) is 11.6. The predicted octanol–water partition coefficient (Wildman–Crippen LogP) is 2.93. The number of aromatic hydroxyl groups is 1. The molecule has 2 rings (SSSR count).